The van der Waals surface area contributed by atoms with Crippen molar-refractivity contribution >= 4 is 43.6 Å². The molecule has 1 aliphatic rings. The van der Waals surface area contributed by atoms with Gasteiger partial charge in [0.1, 0.15) is 6.17 Å². The van der Waals surface area contributed by atoms with Crippen molar-refractivity contribution in [3.63, 3.8) is 0 Å². The molecule has 0 saturated carbocycles. The van der Waals surface area contributed by atoms with Gasteiger partial charge in [-0.05, 0) is 53.9 Å². The van der Waals surface area contributed by atoms with Gasteiger partial charge in [-0.1, -0.05) is 146 Å². The summed E-state index contributed by atoms with van der Waals surface area (Å²) >= 11 is 0. The van der Waals surface area contributed by atoms with Crippen molar-refractivity contribution in [3.8, 4) is 5.69 Å². The topological polar surface area (TPSA) is 72.9 Å². The Labute approximate surface area is 298 Å². The number of para-hydroxylation sites is 3. The van der Waals surface area contributed by atoms with Gasteiger partial charge < -0.3 is 15.7 Å². The third kappa shape index (κ3) is 6.21. The molecule has 8 aromatic rings. The molecule has 3 atom stereocenters. The van der Waals surface area contributed by atoms with Gasteiger partial charge in [-0.15, -0.1) is 0 Å². The zero-order valence-electron chi connectivity index (χ0n) is 28.8. The van der Waals surface area contributed by atoms with Gasteiger partial charge in [-0.2, -0.15) is 5.01 Å². The van der Waals surface area contributed by atoms with E-state index in [-0.39, 0.29) is 12.3 Å². The number of benzene rings is 6. The molecule has 6 heteroatoms. The van der Waals surface area contributed by atoms with Gasteiger partial charge in [-0.3, -0.25) is 4.68 Å². The first-order valence-corrected chi connectivity index (χ1v) is 17.6. The number of hydrogen-bond acceptors (Lipinski definition) is 4. The maximum Gasteiger partial charge on any atom is 0.114 e. The lowest BCUT2D eigenvalue weighted by Crippen LogP contribution is -2.21. The minimum absolute atomic E-state index is 0.0959. The monoisotopic (exact) mass is 666 g/mol. The number of aromatic nitrogens is 2. The first kappa shape index (κ1) is 32.3. The maximum atomic E-state index is 6.19. The average molecular weight is 667 g/mol. The quantitative estimate of drug-likeness (QED) is 0.106. The molecule has 0 aliphatic carbocycles. The number of nitrogens with two attached hydrogens (primary N) is 1. The van der Waals surface area contributed by atoms with Crippen molar-refractivity contribution in [2.75, 3.05) is 12.0 Å². The van der Waals surface area contributed by atoms with Gasteiger partial charge in [-0.25, -0.2) is 5.43 Å². The van der Waals surface area contributed by atoms with Crippen molar-refractivity contribution < 1.29 is 0 Å². The molecule has 6 aromatic carbocycles. The highest BCUT2D eigenvalue weighted by Gasteiger charge is 2.39. The van der Waals surface area contributed by atoms with Gasteiger partial charge in [0.05, 0.1) is 34.8 Å². The number of rotatable bonds is 9. The average Bonchev–Trinajstić information content (AvgIpc) is 3.86. The summed E-state index contributed by atoms with van der Waals surface area (Å²) in [4.78, 5) is 0. The second-order valence-corrected chi connectivity index (χ2v) is 12.8. The molecule has 51 heavy (non-hydrogen) atoms. The minimum atomic E-state index is -0.0959. The van der Waals surface area contributed by atoms with Crippen LogP contribution in [0.5, 0.6) is 0 Å². The van der Waals surface area contributed by atoms with Crippen molar-refractivity contribution in [2.45, 2.75) is 25.7 Å². The molecular weight excluding hydrogens is 625 g/mol. The van der Waals surface area contributed by atoms with E-state index in [1.807, 2.05) is 54.6 Å². The molecule has 0 bridgehead atoms. The van der Waals surface area contributed by atoms with E-state index in [9.17, 15) is 0 Å². The van der Waals surface area contributed by atoms with Gasteiger partial charge in [0.15, 0.2) is 0 Å². The second-order valence-electron chi connectivity index (χ2n) is 12.8. The van der Waals surface area contributed by atoms with Gasteiger partial charge in [0, 0.05) is 27.2 Å². The van der Waals surface area contributed by atoms with E-state index in [0.29, 0.717) is 0 Å². The minimum Gasteiger partial charge on any atom is -0.321 e. The van der Waals surface area contributed by atoms with Gasteiger partial charge in [0.25, 0.3) is 0 Å². The molecule has 6 nitrogen and oxygen atoms in total. The number of hydrazine groups is 1. The van der Waals surface area contributed by atoms with Crippen molar-refractivity contribution in [1.29, 1.82) is 0 Å². The Kier molecular flexibility index (Phi) is 8.95. The van der Waals surface area contributed by atoms with Crippen molar-refractivity contribution in [1.82, 2.24) is 19.7 Å². The Morgan fingerprint density at radius 2 is 1.29 bits per heavy atom. The van der Waals surface area contributed by atoms with Crippen LogP contribution in [0.15, 0.2) is 176 Å². The van der Waals surface area contributed by atoms with Crippen LogP contribution in [0.25, 0.3) is 49.3 Å². The van der Waals surface area contributed by atoms with E-state index in [4.69, 9.17) is 5.73 Å². The molecule has 252 valence electrons. The lowest BCUT2D eigenvalue weighted by molar-refractivity contribution is 0.368. The van der Waals surface area contributed by atoms with Crippen LogP contribution in [-0.4, -0.2) is 20.8 Å². The Morgan fingerprint density at radius 3 is 1.98 bits per heavy atom. The molecule has 4 N–H and O–H groups in total. The highest BCUT2D eigenvalue weighted by Crippen LogP contribution is 2.38. The molecule has 0 radical (unpaired) electrons. The van der Waals surface area contributed by atoms with E-state index in [1.165, 1.54) is 60.4 Å². The zero-order valence-corrected chi connectivity index (χ0v) is 28.8. The third-order valence-electron chi connectivity index (χ3n) is 9.80. The molecule has 0 amide bonds. The predicted octanol–water partition coefficient (Wildman–Crippen LogP) is 10.1. The first-order valence-electron chi connectivity index (χ1n) is 17.6. The van der Waals surface area contributed by atoms with E-state index in [0.717, 1.165) is 18.5 Å². The Balaban J connectivity index is 0.000000184. The highest BCUT2D eigenvalue weighted by molar-refractivity contribution is 6.18. The standard InChI is InChI=1S/C31H27N3.C14H15N3/c1-3-22(4-2)18-19-32-34-29-17-11-9-15-25(29)27-20-26-24-14-8-10-16-28(24)33(30(26)21-31(27)34)23-12-6-5-7-13-23;15-13(11-7-3-1-4-8-11)17-14(16-17)12-9-5-2-6-10-12/h3,5-18,20-21,32H,1,4,19H2,2H3;1-10,13-14,16H,15H2/b22-18+;. The smallest absolute Gasteiger partial charge is 0.114 e. The van der Waals surface area contributed by atoms with Crippen LogP contribution in [0.2, 0.25) is 0 Å². The summed E-state index contributed by atoms with van der Waals surface area (Å²) in [5.74, 6) is 0. The molecule has 0 spiro atoms. The van der Waals surface area contributed by atoms with Crippen LogP contribution < -0.4 is 16.6 Å². The molecule has 1 aliphatic heterocycles. The fourth-order valence-electron chi connectivity index (χ4n) is 7.13. The van der Waals surface area contributed by atoms with Crippen LogP contribution in [-0.2, 0) is 0 Å². The fraction of sp³-hybridized carbons (Fsp3) is 0.111. The third-order valence-corrected chi connectivity index (χ3v) is 9.80. The summed E-state index contributed by atoms with van der Waals surface area (Å²) in [6.45, 7) is 6.83. The lowest BCUT2D eigenvalue weighted by atomic mass is 10.1. The van der Waals surface area contributed by atoms with Gasteiger partial charge >= 0.3 is 0 Å². The summed E-state index contributed by atoms with van der Waals surface area (Å²) < 4.78 is 4.61. The Hall–Kier alpha value is -5.92. The molecule has 2 aromatic heterocycles. The van der Waals surface area contributed by atoms with Crippen LogP contribution >= 0.6 is 0 Å². The zero-order chi connectivity index (χ0) is 34.7. The van der Waals surface area contributed by atoms with Crippen LogP contribution in [0.4, 0.5) is 0 Å². The van der Waals surface area contributed by atoms with Crippen molar-refractivity contribution in [2.24, 2.45) is 5.73 Å². The van der Waals surface area contributed by atoms with Crippen LogP contribution in [0.1, 0.15) is 36.8 Å². The number of fused-ring (bicyclic) bond motifs is 6. The summed E-state index contributed by atoms with van der Waals surface area (Å²) in [6, 6.07) is 53.1. The van der Waals surface area contributed by atoms with E-state index < -0.39 is 0 Å². The Bertz CT molecular complexity index is 2480. The molecule has 3 heterocycles. The first-order chi connectivity index (χ1) is 25.2. The van der Waals surface area contributed by atoms with Crippen molar-refractivity contribution in [3.05, 3.63) is 187 Å². The molecule has 1 fully saturated rings. The largest absolute Gasteiger partial charge is 0.321 e. The Morgan fingerprint density at radius 1 is 0.706 bits per heavy atom. The summed E-state index contributed by atoms with van der Waals surface area (Å²) in [5, 5.41) is 7.12. The summed E-state index contributed by atoms with van der Waals surface area (Å²) in [7, 11) is 0. The molecule has 1 saturated heterocycles. The summed E-state index contributed by atoms with van der Waals surface area (Å²) in [6.07, 6.45) is 5.28. The highest BCUT2D eigenvalue weighted by atomic mass is 15.8. The van der Waals surface area contributed by atoms with Crippen LogP contribution in [0.3, 0.4) is 0 Å². The SMILES string of the molecule is C=C/C(=C\CNn1c2ccccc2c2cc3c4ccccc4n(-c4ccccc4)c3cc21)CC.NC(c1ccccc1)N1NC1c1ccccc1. The molecular formula is C45H42N6. The van der Waals surface area contributed by atoms with E-state index >= 15 is 0 Å². The lowest BCUT2D eigenvalue weighted by Gasteiger charge is -2.12. The van der Waals surface area contributed by atoms with E-state index in [2.05, 4.69) is 148 Å². The maximum absolute atomic E-state index is 6.19. The number of nitrogens with zero attached hydrogens (tertiary/aromatic N) is 3. The fourth-order valence-corrected chi connectivity index (χ4v) is 7.13. The molecule has 3 unspecified atom stereocenters. The number of hydrogen-bond donors (Lipinski definition) is 3. The summed E-state index contributed by atoms with van der Waals surface area (Å²) in [5.41, 5.74) is 22.7. The van der Waals surface area contributed by atoms with E-state index in [1.54, 1.807) is 0 Å². The molecule has 9 rings (SSSR count). The number of nitrogens with one attached hydrogen (secondary N) is 2. The van der Waals surface area contributed by atoms with Crippen LogP contribution in [0, 0.1) is 0 Å². The number of allylic oxidation sites excluding steroid dienone is 2. The normalized spacial score (nSPS) is 16.2. The van der Waals surface area contributed by atoms with Gasteiger partial charge in [0.2, 0.25) is 0 Å². The predicted molar refractivity (Wildman–Crippen MR) is 214 cm³/mol. The second kappa shape index (κ2) is 14.1.